The summed E-state index contributed by atoms with van der Waals surface area (Å²) in [6.45, 7) is 5.58. The lowest BCUT2D eigenvalue weighted by Crippen LogP contribution is -2.43. The van der Waals surface area contributed by atoms with Gasteiger partial charge in [-0.3, -0.25) is 4.79 Å². The highest BCUT2D eigenvalue weighted by Gasteiger charge is 2.43. The summed E-state index contributed by atoms with van der Waals surface area (Å²) in [6, 6.07) is 13.0. The highest BCUT2D eigenvalue weighted by Crippen LogP contribution is 2.43. The largest absolute Gasteiger partial charge is 0.465 e. The molecular formula is C30H31F3N4O3S. The molecule has 1 aliphatic carbocycles. The molecule has 1 amide bonds. The molecular weight excluding hydrogens is 553 g/mol. The van der Waals surface area contributed by atoms with Crippen molar-refractivity contribution in [2.75, 3.05) is 12.0 Å². The van der Waals surface area contributed by atoms with Gasteiger partial charge >= 0.3 is 12.1 Å². The maximum atomic E-state index is 13.7. The lowest BCUT2D eigenvalue weighted by Gasteiger charge is -2.34. The molecule has 0 bridgehead atoms. The second-order valence-corrected chi connectivity index (χ2v) is 11.7. The standard InChI is InChI=1S/C30H31F3N4O3S/c1-17(2)37(28(38)21-9-11-22(12-10-21)30(31,32)33)24-16-25(41-27(24)29(39)40-4)20-7-5-19(6-8-20)23-15-26-34-18(3)13-14-36(26)35-23/h5-8,13-17,21-22H,9-12H2,1-4H3. The number of rotatable bonds is 6. The first-order valence-electron chi connectivity index (χ1n) is 13.5. The van der Waals surface area contributed by atoms with Crippen LogP contribution in [0.1, 0.15) is 54.9 Å². The summed E-state index contributed by atoms with van der Waals surface area (Å²) in [5.41, 5.74) is 4.58. The smallest absolute Gasteiger partial charge is 0.391 e. The van der Waals surface area contributed by atoms with E-state index < -0.39 is 24.0 Å². The Morgan fingerprint density at radius 1 is 1.05 bits per heavy atom. The Balaban J connectivity index is 1.43. The van der Waals surface area contributed by atoms with E-state index in [1.54, 1.807) is 15.5 Å². The Morgan fingerprint density at radius 3 is 2.32 bits per heavy atom. The number of nitrogens with zero attached hydrogens (tertiary/aromatic N) is 4. The summed E-state index contributed by atoms with van der Waals surface area (Å²) >= 11 is 1.22. The molecule has 7 nitrogen and oxygen atoms in total. The van der Waals surface area contributed by atoms with Gasteiger partial charge in [-0.2, -0.15) is 18.3 Å². The molecule has 0 saturated heterocycles. The van der Waals surface area contributed by atoms with E-state index in [1.807, 2.05) is 63.4 Å². The minimum atomic E-state index is -4.25. The SMILES string of the molecule is COC(=O)c1sc(-c2ccc(-c3cc4nc(C)ccn4n3)cc2)cc1N(C(=O)C1CCC(C(F)(F)F)CC1)C(C)C. The lowest BCUT2D eigenvalue weighted by molar-refractivity contribution is -0.184. The molecule has 1 aromatic carbocycles. The number of ether oxygens (including phenoxy) is 1. The minimum Gasteiger partial charge on any atom is -0.465 e. The first-order valence-corrected chi connectivity index (χ1v) is 14.3. The molecule has 0 atom stereocenters. The Hall–Kier alpha value is -3.73. The number of aromatic nitrogens is 3. The normalized spacial score (nSPS) is 17.7. The van der Waals surface area contributed by atoms with Crippen molar-refractivity contribution in [1.82, 2.24) is 14.6 Å². The van der Waals surface area contributed by atoms with Crippen LogP contribution in [-0.2, 0) is 9.53 Å². The molecule has 1 aliphatic rings. The number of carbonyl (C=O) groups is 2. The first kappa shape index (κ1) is 28.8. The van der Waals surface area contributed by atoms with E-state index in [2.05, 4.69) is 10.1 Å². The summed E-state index contributed by atoms with van der Waals surface area (Å²) in [5, 5.41) is 4.59. The van der Waals surface area contributed by atoms with Crippen molar-refractivity contribution in [2.45, 2.75) is 58.7 Å². The van der Waals surface area contributed by atoms with Gasteiger partial charge in [0.2, 0.25) is 5.91 Å². The van der Waals surface area contributed by atoms with E-state index in [4.69, 9.17) is 4.74 Å². The Labute approximate surface area is 240 Å². The van der Waals surface area contributed by atoms with Crippen LogP contribution >= 0.6 is 11.3 Å². The fourth-order valence-electron chi connectivity index (χ4n) is 5.38. The van der Waals surface area contributed by atoms with Crippen LogP contribution in [0.2, 0.25) is 0 Å². The van der Waals surface area contributed by atoms with Gasteiger partial charge in [0, 0.05) is 40.4 Å². The zero-order chi connectivity index (χ0) is 29.5. The van der Waals surface area contributed by atoms with Crippen molar-refractivity contribution in [1.29, 1.82) is 0 Å². The average Bonchev–Trinajstić information content (AvgIpc) is 3.57. The third-order valence-electron chi connectivity index (χ3n) is 7.57. The molecule has 1 saturated carbocycles. The fraction of sp³-hybridized carbons (Fsp3) is 0.400. The Morgan fingerprint density at radius 2 is 1.71 bits per heavy atom. The zero-order valence-electron chi connectivity index (χ0n) is 23.2. The van der Waals surface area contributed by atoms with Gasteiger partial charge < -0.3 is 9.64 Å². The number of anilines is 1. The van der Waals surface area contributed by atoms with E-state index in [0.29, 0.717) is 5.69 Å². The number of aryl methyl sites for hydroxylation is 1. The summed E-state index contributed by atoms with van der Waals surface area (Å²) < 4.78 is 46.4. The molecule has 0 N–H and O–H groups in total. The zero-order valence-corrected chi connectivity index (χ0v) is 24.1. The van der Waals surface area contributed by atoms with Crippen LogP contribution in [0.4, 0.5) is 18.9 Å². The van der Waals surface area contributed by atoms with Crippen molar-refractivity contribution in [3.63, 3.8) is 0 Å². The molecule has 3 aromatic heterocycles. The number of benzene rings is 1. The number of thiophene rings is 1. The van der Waals surface area contributed by atoms with Crippen molar-refractivity contribution in [3.05, 3.63) is 59.2 Å². The Kier molecular flexibility index (Phi) is 7.91. The number of amides is 1. The molecule has 3 heterocycles. The molecule has 5 rings (SSSR count). The average molecular weight is 585 g/mol. The van der Waals surface area contributed by atoms with E-state index >= 15 is 0 Å². The van der Waals surface area contributed by atoms with Crippen LogP contribution < -0.4 is 4.90 Å². The molecule has 0 radical (unpaired) electrons. The van der Waals surface area contributed by atoms with Gasteiger partial charge in [-0.15, -0.1) is 11.3 Å². The van der Waals surface area contributed by atoms with Gasteiger partial charge in [0.05, 0.1) is 24.4 Å². The summed E-state index contributed by atoms with van der Waals surface area (Å²) in [5.74, 6) is -2.74. The van der Waals surface area contributed by atoms with Gasteiger partial charge in [-0.25, -0.2) is 14.3 Å². The van der Waals surface area contributed by atoms with E-state index in [1.165, 1.54) is 18.4 Å². The second kappa shape index (κ2) is 11.3. The second-order valence-electron chi connectivity index (χ2n) is 10.7. The molecule has 4 aromatic rings. The number of methoxy groups -OCH3 is 1. The van der Waals surface area contributed by atoms with Crippen molar-refractivity contribution >= 4 is 34.5 Å². The highest BCUT2D eigenvalue weighted by atomic mass is 32.1. The summed E-state index contributed by atoms with van der Waals surface area (Å²) in [4.78, 5) is 33.6. The van der Waals surface area contributed by atoms with Crippen molar-refractivity contribution in [3.8, 4) is 21.7 Å². The maximum absolute atomic E-state index is 13.7. The first-order chi connectivity index (χ1) is 19.5. The molecule has 11 heteroatoms. The molecule has 41 heavy (non-hydrogen) atoms. The van der Waals surface area contributed by atoms with Crippen LogP contribution in [0, 0.1) is 18.8 Å². The van der Waals surface area contributed by atoms with E-state index in [9.17, 15) is 22.8 Å². The number of carbonyl (C=O) groups excluding carboxylic acids is 2. The van der Waals surface area contributed by atoms with Crippen LogP contribution in [0.3, 0.4) is 0 Å². The van der Waals surface area contributed by atoms with Crippen LogP contribution in [-0.4, -0.2) is 45.8 Å². The number of hydrogen-bond acceptors (Lipinski definition) is 6. The van der Waals surface area contributed by atoms with Crippen LogP contribution in [0.15, 0.2) is 48.7 Å². The Bertz CT molecular complexity index is 1570. The monoisotopic (exact) mass is 584 g/mol. The van der Waals surface area contributed by atoms with Crippen molar-refractivity contribution < 1.29 is 27.5 Å². The molecule has 0 aliphatic heterocycles. The molecule has 0 unspecified atom stereocenters. The van der Waals surface area contributed by atoms with E-state index in [-0.39, 0.29) is 42.5 Å². The highest BCUT2D eigenvalue weighted by molar-refractivity contribution is 7.18. The third-order valence-corrected chi connectivity index (χ3v) is 8.72. The number of halogens is 3. The van der Waals surface area contributed by atoms with Crippen LogP contribution in [0.5, 0.6) is 0 Å². The number of alkyl halides is 3. The predicted octanol–water partition coefficient (Wildman–Crippen LogP) is 7.33. The summed E-state index contributed by atoms with van der Waals surface area (Å²) in [7, 11) is 1.28. The van der Waals surface area contributed by atoms with Gasteiger partial charge in [0.25, 0.3) is 0 Å². The summed E-state index contributed by atoms with van der Waals surface area (Å²) in [6.07, 6.45) is -2.20. The molecule has 0 spiro atoms. The maximum Gasteiger partial charge on any atom is 0.391 e. The number of fused-ring (bicyclic) bond motifs is 1. The molecule has 216 valence electrons. The molecule has 1 fully saturated rings. The van der Waals surface area contributed by atoms with Gasteiger partial charge in [-0.1, -0.05) is 24.3 Å². The van der Waals surface area contributed by atoms with Gasteiger partial charge in [-0.05, 0) is 64.2 Å². The lowest BCUT2D eigenvalue weighted by atomic mass is 9.81. The predicted molar refractivity (Wildman–Crippen MR) is 152 cm³/mol. The van der Waals surface area contributed by atoms with E-state index in [0.717, 1.165) is 33.0 Å². The van der Waals surface area contributed by atoms with Crippen molar-refractivity contribution in [2.24, 2.45) is 11.8 Å². The topological polar surface area (TPSA) is 76.8 Å². The quantitative estimate of drug-likeness (QED) is 0.222. The number of hydrogen-bond donors (Lipinski definition) is 0. The fourth-order valence-corrected chi connectivity index (χ4v) is 6.45. The minimum absolute atomic E-state index is 0.0705. The van der Waals surface area contributed by atoms with Crippen LogP contribution in [0.25, 0.3) is 27.3 Å². The third kappa shape index (κ3) is 5.86. The van der Waals surface area contributed by atoms with Gasteiger partial charge in [0.15, 0.2) is 5.65 Å². The van der Waals surface area contributed by atoms with Gasteiger partial charge in [0.1, 0.15) is 4.88 Å². The number of esters is 1.